The topological polar surface area (TPSA) is 20.2 Å². The summed E-state index contributed by atoms with van der Waals surface area (Å²) in [6.45, 7) is 2.66. The van der Waals surface area contributed by atoms with Gasteiger partial charge in [-0.15, -0.1) is 0 Å². The van der Waals surface area contributed by atoms with Crippen LogP contribution >= 0.6 is 0 Å². The van der Waals surface area contributed by atoms with Crippen LogP contribution in [0.1, 0.15) is 200 Å². The van der Waals surface area contributed by atoms with Gasteiger partial charge in [0.25, 0.3) is 0 Å². The van der Waals surface area contributed by atoms with E-state index >= 15 is 0 Å². The molecule has 1 N–H and O–H groups in total. The molecule has 0 saturated heterocycles. The van der Waals surface area contributed by atoms with E-state index in [0.29, 0.717) is 6.61 Å². The van der Waals surface area contributed by atoms with Crippen LogP contribution in [0.4, 0.5) is 0 Å². The standard InChI is InChI=1S/C34H68O/c1-2-3-4-5-6-7-8-9-10-11-12-13-14-15-16-17-18-19-20-21-22-23-24-25-26-27-28-29-30-31-32-33-34-35/h26-27,35H,2-25,28-34H2,1H3/b27-26-. The van der Waals surface area contributed by atoms with E-state index in [4.69, 9.17) is 5.11 Å². The molecule has 1 nitrogen and oxygen atoms in total. The molecule has 0 fully saturated rings. The minimum Gasteiger partial charge on any atom is -0.396 e. The summed E-state index contributed by atoms with van der Waals surface area (Å²) < 4.78 is 0. The SMILES string of the molecule is CCCCCCCCCCCCCCCCCCCCCCCCC/C=C\CCCCCCCO. The molecular weight excluding hydrogens is 424 g/mol. The quantitative estimate of drug-likeness (QED) is 0.0753. The number of aliphatic hydroxyl groups is 1. The van der Waals surface area contributed by atoms with Gasteiger partial charge in [0.05, 0.1) is 0 Å². The molecule has 0 aromatic heterocycles. The first-order chi connectivity index (χ1) is 17.4. The Hall–Kier alpha value is -0.300. The van der Waals surface area contributed by atoms with Crippen LogP contribution in [-0.2, 0) is 0 Å². The lowest BCUT2D eigenvalue weighted by Gasteiger charge is -2.04. The van der Waals surface area contributed by atoms with Crippen LogP contribution in [0.25, 0.3) is 0 Å². The molecule has 0 aliphatic carbocycles. The fourth-order valence-electron chi connectivity index (χ4n) is 5.19. The Balaban J connectivity index is 3.05. The van der Waals surface area contributed by atoms with Gasteiger partial charge in [0.15, 0.2) is 0 Å². The Bertz CT molecular complexity index is 375. The summed E-state index contributed by atoms with van der Waals surface area (Å²) in [7, 11) is 0. The van der Waals surface area contributed by atoms with E-state index in [1.165, 1.54) is 186 Å². The van der Waals surface area contributed by atoms with E-state index in [0.717, 1.165) is 6.42 Å². The Morgan fingerprint density at radius 2 is 0.543 bits per heavy atom. The highest BCUT2D eigenvalue weighted by Gasteiger charge is 1.96. The summed E-state index contributed by atoms with van der Waals surface area (Å²) in [6.07, 6.45) is 47.1. The fraction of sp³-hybridized carbons (Fsp3) is 0.941. The maximum atomic E-state index is 8.76. The Morgan fingerprint density at radius 3 is 0.800 bits per heavy atom. The van der Waals surface area contributed by atoms with Crippen molar-refractivity contribution < 1.29 is 5.11 Å². The average Bonchev–Trinajstić information content (AvgIpc) is 2.87. The average molecular weight is 493 g/mol. The maximum Gasteiger partial charge on any atom is 0.0431 e. The number of hydrogen-bond donors (Lipinski definition) is 1. The summed E-state index contributed by atoms with van der Waals surface area (Å²) in [5, 5.41) is 8.76. The van der Waals surface area contributed by atoms with Gasteiger partial charge in [-0.1, -0.05) is 180 Å². The first-order valence-corrected chi connectivity index (χ1v) is 16.7. The van der Waals surface area contributed by atoms with Crippen molar-refractivity contribution >= 4 is 0 Å². The van der Waals surface area contributed by atoms with Gasteiger partial charge in [-0.25, -0.2) is 0 Å². The lowest BCUT2D eigenvalue weighted by atomic mass is 10.0. The van der Waals surface area contributed by atoms with Crippen molar-refractivity contribution in [2.75, 3.05) is 6.61 Å². The molecule has 1 heteroatoms. The minimum absolute atomic E-state index is 0.361. The molecular formula is C34H68O. The minimum atomic E-state index is 0.361. The van der Waals surface area contributed by atoms with Gasteiger partial charge in [-0.05, 0) is 32.1 Å². The molecule has 0 aromatic carbocycles. The molecule has 0 saturated carbocycles. The second-order valence-corrected chi connectivity index (χ2v) is 11.3. The molecule has 0 radical (unpaired) electrons. The first-order valence-electron chi connectivity index (χ1n) is 16.7. The largest absolute Gasteiger partial charge is 0.396 e. The molecule has 35 heavy (non-hydrogen) atoms. The molecule has 210 valence electrons. The van der Waals surface area contributed by atoms with Crippen LogP contribution in [0.3, 0.4) is 0 Å². The van der Waals surface area contributed by atoms with Gasteiger partial charge >= 0.3 is 0 Å². The second kappa shape index (κ2) is 33.7. The first kappa shape index (κ1) is 34.7. The molecule has 0 rings (SSSR count). The van der Waals surface area contributed by atoms with Crippen molar-refractivity contribution in [3.8, 4) is 0 Å². The molecule has 0 amide bonds. The van der Waals surface area contributed by atoms with E-state index in [1.54, 1.807) is 0 Å². The van der Waals surface area contributed by atoms with Gasteiger partial charge in [-0.3, -0.25) is 0 Å². The molecule has 0 unspecified atom stereocenters. The Kier molecular flexibility index (Phi) is 33.4. The monoisotopic (exact) mass is 493 g/mol. The number of aliphatic hydroxyl groups excluding tert-OH is 1. The fourth-order valence-corrected chi connectivity index (χ4v) is 5.19. The van der Waals surface area contributed by atoms with Crippen molar-refractivity contribution in [3.05, 3.63) is 12.2 Å². The van der Waals surface area contributed by atoms with Crippen LogP contribution in [-0.4, -0.2) is 11.7 Å². The zero-order valence-electron chi connectivity index (χ0n) is 24.5. The van der Waals surface area contributed by atoms with E-state index in [9.17, 15) is 0 Å². The van der Waals surface area contributed by atoms with Crippen LogP contribution in [0, 0.1) is 0 Å². The van der Waals surface area contributed by atoms with Gasteiger partial charge in [0.2, 0.25) is 0 Å². The van der Waals surface area contributed by atoms with Crippen LogP contribution in [0.5, 0.6) is 0 Å². The highest BCUT2D eigenvalue weighted by atomic mass is 16.2. The van der Waals surface area contributed by atoms with Crippen molar-refractivity contribution in [2.24, 2.45) is 0 Å². The summed E-state index contributed by atoms with van der Waals surface area (Å²) in [4.78, 5) is 0. The Labute approximate surface area is 223 Å². The van der Waals surface area contributed by atoms with Crippen LogP contribution in [0.2, 0.25) is 0 Å². The number of allylic oxidation sites excluding steroid dienone is 2. The third-order valence-electron chi connectivity index (χ3n) is 7.67. The lowest BCUT2D eigenvalue weighted by molar-refractivity contribution is 0.282. The van der Waals surface area contributed by atoms with Gasteiger partial charge in [-0.2, -0.15) is 0 Å². The number of rotatable bonds is 31. The Morgan fingerprint density at radius 1 is 0.314 bits per heavy atom. The molecule has 0 aliphatic rings. The van der Waals surface area contributed by atoms with Crippen molar-refractivity contribution in [2.45, 2.75) is 200 Å². The lowest BCUT2D eigenvalue weighted by Crippen LogP contribution is -1.84. The van der Waals surface area contributed by atoms with Crippen LogP contribution in [0.15, 0.2) is 12.2 Å². The number of unbranched alkanes of at least 4 members (excludes halogenated alkanes) is 28. The normalized spacial score (nSPS) is 11.7. The van der Waals surface area contributed by atoms with Gasteiger partial charge in [0, 0.05) is 6.61 Å². The summed E-state index contributed by atoms with van der Waals surface area (Å²) in [5.41, 5.74) is 0. The van der Waals surface area contributed by atoms with Crippen molar-refractivity contribution in [1.82, 2.24) is 0 Å². The van der Waals surface area contributed by atoms with Gasteiger partial charge in [0.1, 0.15) is 0 Å². The molecule has 0 spiro atoms. The third kappa shape index (κ3) is 33.7. The third-order valence-corrected chi connectivity index (χ3v) is 7.67. The summed E-state index contributed by atoms with van der Waals surface area (Å²) in [5.74, 6) is 0. The van der Waals surface area contributed by atoms with E-state index < -0.39 is 0 Å². The predicted octanol–water partition coefficient (Wildman–Crippen LogP) is 12.3. The van der Waals surface area contributed by atoms with Gasteiger partial charge < -0.3 is 5.11 Å². The smallest absolute Gasteiger partial charge is 0.0431 e. The van der Waals surface area contributed by atoms with E-state index in [1.807, 2.05) is 0 Å². The highest BCUT2D eigenvalue weighted by molar-refractivity contribution is 4.81. The summed E-state index contributed by atoms with van der Waals surface area (Å²) >= 11 is 0. The molecule has 0 aliphatic heterocycles. The van der Waals surface area contributed by atoms with Crippen LogP contribution < -0.4 is 0 Å². The number of hydrogen-bond acceptors (Lipinski definition) is 1. The molecule has 0 atom stereocenters. The molecule has 0 aromatic rings. The molecule has 0 bridgehead atoms. The summed E-state index contributed by atoms with van der Waals surface area (Å²) in [6, 6.07) is 0. The van der Waals surface area contributed by atoms with E-state index in [-0.39, 0.29) is 0 Å². The zero-order valence-corrected chi connectivity index (χ0v) is 24.5. The highest BCUT2D eigenvalue weighted by Crippen LogP contribution is 2.15. The second-order valence-electron chi connectivity index (χ2n) is 11.3. The maximum absolute atomic E-state index is 8.76. The van der Waals surface area contributed by atoms with Crippen molar-refractivity contribution in [3.63, 3.8) is 0 Å². The van der Waals surface area contributed by atoms with E-state index in [2.05, 4.69) is 19.1 Å². The predicted molar refractivity (Wildman–Crippen MR) is 160 cm³/mol. The molecule has 0 heterocycles. The zero-order chi connectivity index (χ0) is 25.3. The van der Waals surface area contributed by atoms with Crippen molar-refractivity contribution in [1.29, 1.82) is 0 Å².